The molecule has 0 saturated heterocycles. The Morgan fingerprint density at radius 1 is 1.21 bits per heavy atom. The van der Waals surface area contributed by atoms with Gasteiger partial charge >= 0.3 is 0 Å². The Morgan fingerprint density at radius 2 is 1.86 bits per heavy atom. The average Bonchev–Trinajstić information content (AvgIpc) is 2.15. The van der Waals surface area contributed by atoms with Crippen molar-refractivity contribution < 1.29 is 4.43 Å². The first-order valence-electron chi connectivity index (χ1n) is 5.14. The highest BCUT2D eigenvalue weighted by Crippen LogP contribution is 2.07. The predicted octanol–water partition coefficient (Wildman–Crippen LogP) is 2.20. The van der Waals surface area contributed by atoms with Crippen molar-refractivity contribution in [1.29, 1.82) is 0 Å². The fourth-order valence-corrected chi connectivity index (χ4v) is 1.92. The van der Waals surface area contributed by atoms with Crippen LogP contribution in [0.25, 0.3) is 0 Å². The van der Waals surface area contributed by atoms with Crippen molar-refractivity contribution in [3.8, 4) is 0 Å². The highest BCUT2D eigenvalue weighted by Gasteiger charge is 1.96. The van der Waals surface area contributed by atoms with Gasteiger partial charge in [0.2, 0.25) is 0 Å². The van der Waals surface area contributed by atoms with Gasteiger partial charge in [0.05, 0.1) is 0 Å². The Labute approximate surface area is 87.8 Å². The summed E-state index contributed by atoms with van der Waals surface area (Å²) in [5.41, 5.74) is 7.78. The van der Waals surface area contributed by atoms with Crippen molar-refractivity contribution in [3.63, 3.8) is 0 Å². The normalized spacial score (nSPS) is 10.8. The van der Waals surface area contributed by atoms with Gasteiger partial charge in [0.15, 0.2) is 9.04 Å². The minimum absolute atomic E-state index is 0.824. The molecule has 2 nitrogen and oxygen atoms in total. The maximum absolute atomic E-state index is 5.60. The molecule has 0 spiro atoms. The molecular weight excluding hydrogens is 190 g/mol. The summed E-state index contributed by atoms with van der Waals surface area (Å²) in [5.74, 6) is 0. The van der Waals surface area contributed by atoms with Crippen molar-refractivity contribution >= 4 is 14.7 Å². The van der Waals surface area contributed by atoms with Gasteiger partial charge in [-0.05, 0) is 43.6 Å². The van der Waals surface area contributed by atoms with Crippen LogP contribution in [0.3, 0.4) is 0 Å². The first-order chi connectivity index (χ1) is 6.68. The standard InChI is InChI=1S/C11H19NOSi/c1-14(2)13-9-3-4-10-5-7-11(12)8-6-10/h5-8,14H,3-4,9,12H2,1-2H3. The zero-order valence-corrected chi connectivity index (χ0v) is 10.1. The van der Waals surface area contributed by atoms with E-state index in [1.165, 1.54) is 5.56 Å². The third-order valence-electron chi connectivity index (χ3n) is 2.04. The lowest BCUT2D eigenvalue weighted by Gasteiger charge is -2.06. The average molecular weight is 209 g/mol. The van der Waals surface area contributed by atoms with Crippen LogP contribution in [0.4, 0.5) is 5.69 Å². The summed E-state index contributed by atoms with van der Waals surface area (Å²) < 4.78 is 5.60. The van der Waals surface area contributed by atoms with E-state index in [1.807, 2.05) is 12.1 Å². The second-order valence-electron chi connectivity index (χ2n) is 3.76. The number of nitrogen functional groups attached to an aromatic ring is 1. The van der Waals surface area contributed by atoms with Gasteiger partial charge in [0.1, 0.15) is 0 Å². The minimum Gasteiger partial charge on any atom is -0.421 e. The highest BCUT2D eigenvalue weighted by molar-refractivity contribution is 6.48. The maximum atomic E-state index is 5.60. The van der Waals surface area contributed by atoms with Gasteiger partial charge in [-0.15, -0.1) is 0 Å². The SMILES string of the molecule is C[SiH](C)OCCCc1ccc(N)cc1. The molecule has 0 heterocycles. The molecule has 1 aromatic rings. The zero-order chi connectivity index (χ0) is 10.4. The van der Waals surface area contributed by atoms with Crippen LogP contribution in [0.2, 0.25) is 13.1 Å². The maximum Gasteiger partial charge on any atom is 0.170 e. The molecule has 0 aliphatic heterocycles. The molecule has 0 unspecified atom stereocenters. The molecule has 78 valence electrons. The molecule has 1 rings (SSSR count). The van der Waals surface area contributed by atoms with Gasteiger partial charge in [0, 0.05) is 12.3 Å². The molecular formula is C11H19NOSi. The fourth-order valence-electron chi connectivity index (χ4n) is 1.28. The van der Waals surface area contributed by atoms with Crippen LogP contribution < -0.4 is 5.73 Å². The number of hydrogen-bond acceptors (Lipinski definition) is 2. The molecule has 0 aliphatic rings. The number of rotatable bonds is 5. The van der Waals surface area contributed by atoms with Crippen LogP contribution in [0.1, 0.15) is 12.0 Å². The van der Waals surface area contributed by atoms with Crippen LogP contribution in [0.5, 0.6) is 0 Å². The van der Waals surface area contributed by atoms with E-state index in [1.54, 1.807) is 0 Å². The number of anilines is 1. The molecule has 0 saturated carbocycles. The monoisotopic (exact) mass is 209 g/mol. The zero-order valence-electron chi connectivity index (χ0n) is 8.99. The fraction of sp³-hybridized carbons (Fsp3) is 0.455. The Bertz CT molecular complexity index is 258. The van der Waals surface area contributed by atoms with Crippen molar-refractivity contribution in [3.05, 3.63) is 29.8 Å². The molecule has 14 heavy (non-hydrogen) atoms. The van der Waals surface area contributed by atoms with Crippen molar-refractivity contribution in [2.75, 3.05) is 12.3 Å². The number of aryl methyl sites for hydroxylation is 1. The van der Waals surface area contributed by atoms with E-state index in [-0.39, 0.29) is 0 Å². The summed E-state index contributed by atoms with van der Waals surface area (Å²) in [4.78, 5) is 0. The van der Waals surface area contributed by atoms with E-state index >= 15 is 0 Å². The quantitative estimate of drug-likeness (QED) is 0.458. The molecule has 0 amide bonds. The first kappa shape index (κ1) is 11.3. The van der Waals surface area contributed by atoms with E-state index in [0.29, 0.717) is 0 Å². The number of hydrogen-bond donors (Lipinski definition) is 1. The highest BCUT2D eigenvalue weighted by atomic mass is 28.3. The second-order valence-corrected chi connectivity index (χ2v) is 6.20. The largest absolute Gasteiger partial charge is 0.421 e. The van der Waals surface area contributed by atoms with Gasteiger partial charge in [-0.25, -0.2) is 0 Å². The van der Waals surface area contributed by atoms with Gasteiger partial charge < -0.3 is 10.2 Å². The van der Waals surface area contributed by atoms with E-state index in [0.717, 1.165) is 25.1 Å². The summed E-state index contributed by atoms with van der Waals surface area (Å²) >= 11 is 0. The van der Waals surface area contributed by atoms with Crippen LogP contribution in [-0.2, 0) is 10.8 Å². The van der Waals surface area contributed by atoms with Crippen LogP contribution >= 0.6 is 0 Å². The molecule has 0 aliphatic carbocycles. The van der Waals surface area contributed by atoms with E-state index in [2.05, 4.69) is 25.2 Å². The molecule has 2 N–H and O–H groups in total. The lowest BCUT2D eigenvalue weighted by molar-refractivity contribution is 0.319. The lowest BCUT2D eigenvalue weighted by atomic mass is 10.1. The third-order valence-corrected chi connectivity index (χ3v) is 2.94. The summed E-state index contributed by atoms with van der Waals surface area (Å²) in [6.45, 7) is 5.29. The van der Waals surface area contributed by atoms with E-state index < -0.39 is 9.04 Å². The molecule has 3 heteroatoms. The molecule has 0 aromatic heterocycles. The minimum atomic E-state index is -0.824. The molecule has 0 atom stereocenters. The molecule has 0 radical (unpaired) electrons. The predicted molar refractivity (Wildman–Crippen MR) is 64.0 cm³/mol. The van der Waals surface area contributed by atoms with Gasteiger partial charge in [0.25, 0.3) is 0 Å². The molecule has 0 fully saturated rings. The summed E-state index contributed by atoms with van der Waals surface area (Å²) in [6.07, 6.45) is 2.19. The van der Waals surface area contributed by atoms with E-state index in [9.17, 15) is 0 Å². The van der Waals surface area contributed by atoms with Crippen LogP contribution in [-0.4, -0.2) is 15.6 Å². The van der Waals surface area contributed by atoms with Crippen molar-refractivity contribution in [2.24, 2.45) is 0 Å². The Hall–Kier alpha value is -0.803. The van der Waals surface area contributed by atoms with Crippen molar-refractivity contribution in [1.82, 2.24) is 0 Å². The van der Waals surface area contributed by atoms with Crippen LogP contribution in [0.15, 0.2) is 24.3 Å². The van der Waals surface area contributed by atoms with Gasteiger partial charge in [-0.1, -0.05) is 12.1 Å². The number of nitrogens with two attached hydrogens (primary N) is 1. The molecule has 0 bridgehead atoms. The lowest BCUT2D eigenvalue weighted by Crippen LogP contribution is -2.09. The molecule has 1 aromatic carbocycles. The second kappa shape index (κ2) is 5.83. The Kier molecular flexibility index (Phi) is 4.69. The Balaban J connectivity index is 2.21. The first-order valence-corrected chi connectivity index (χ1v) is 7.92. The summed E-state index contributed by atoms with van der Waals surface area (Å²) in [5, 5.41) is 0. The topological polar surface area (TPSA) is 35.2 Å². The number of benzene rings is 1. The third kappa shape index (κ3) is 4.44. The Morgan fingerprint density at radius 3 is 2.43 bits per heavy atom. The summed E-state index contributed by atoms with van der Waals surface area (Å²) in [7, 11) is -0.824. The van der Waals surface area contributed by atoms with Crippen molar-refractivity contribution in [2.45, 2.75) is 25.9 Å². The van der Waals surface area contributed by atoms with Gasteiger partial charge in [-0.2, -0.15) is 0 Å². The van der Waals surface area contributed by atoms with Crippen LogP contribution in [0, 0.1) is 0 Å². The summed E-state index contributed by atoms with van der Waals surface area (Å²) in [6, 6.07) is 8.07. The van der Waals surface area contributed by atoms with E-state index in [4.69, 9.17) is 10.2 Å². The smallest absolute Gasteiger partial charge is 0.170 e. The van der Waals surface area contributed by atoms with Gasteiger partial charge in [-0.3, -0.25) is 0 Å².